The van der Waals surface area contributed by atoms with E-state index in [2.05, 4.69) is 13.8 Å². The highest BCUT2D eigenvalue weighted by Crippen LogP contribution is 2.72. The van der Waals surface area contributed by atoms with Gasteiger partial charge in [-0.3, -0.25) is 0 Å². The van der Waals surface area contributed by atoms with Crippen LogP contribution in [-0.4, -0.2) is 0 Å². The number of hydrogen-bond acceptors (Lipinski definition) is 0. The molecular formula is C19H29. The van der Waals surface area contributed by atoms with Gasteiger partial charge in [-0.1, -0.05) is 13.8 Å². The molecule has 6 saturated carbocycles. The van der Waals surface area contributed by atoms with Crippen molar-refractivity contribution in [2.24, 2.45) is 40.4 Å². The zero-order chi connectivity index (χ0) is 12.8. The van der Waals surface area contributed by atoms with Crippen LogP contribution in [0.5, 0.6) is 0 Å². The fourth-order valence-electron chi connectivity index (χ4n) is 7.96. The number of rotatable bonds is 1. The highest BCUT2D eigenvalue weighted by atomic mass is 14.7. The summed E-state index contributed by atoms with van der Waals surface area (Å²) in [6.07, 6.45) is 14.3. The Morgan fingerprint density at radius 3 is 1.84 bits per heavy atom. The Bertz CT molecular complexity index is 369. The van der Waals surface area contributed by atoms with Crippen molar-refractivity contribution < 1.29 is 0 Å². The lowest BCUT2D eigenvalue weighted by molar-refractivity contribution is -0.0855. The van der Waals surface area contributed by atoms with Gasteiger partial charge in [0.25, 0.3) is 0 Å². The second-order valence-electron chi connectivity index (χ2n) is 9.55. The molecular weight excluding hydrogens is 228 g/mol. The maximum atomic E-state index is 2.57. The lowest BCUT2D eigenvalue weighted by Gasteiger charge is -2.60. The summed E-state index contributed by atoms with van der Waals surface area (Å²) in [5.41, 5.74) is 1.41. The largest absolute Gasteiger partial charge is 0.0591 e. The Kier molecular flexibility index (Phi) is 2.09. The molecule has 0 N–H and O–H groups in total. The van der Waals surface area contributed by atoms with Crippen molar-refractivity contribution >= 4 is 0 Å². The van der Waals surface area contributed by atoms with Crippen molar-refractivity contribution in [1.82, 2.24) is 0 Å². The van der Waals surface area contributed by atoms with Crippen molar-refractivity contribution in [1.29, 1.82) is 0 Å². The van der Waals surface area contributed by atoms with Gasteiger partial charge in [0.05, 0.1) is 0 Å². The smallest absolute Gasteiger partial charge is 0.0145 e. The fourth-order valence-corrected chi connectivity index (χ4v) is 7.96. The summed E-state index contributed by atoms with van der Waals surface area (Å²) < 4.78 is 0. The van der Waals surface area contributed by atoms with Crippen molar-refractivity contribution in [2.75, 3.05) is 0 Å². The van der Waals surface area contributed by atoms with E-state index in [9.17, 15) is 0 Å². The van der Waals surface area contributed by atoms with Gasteiger partial charge in [-0.05, 0) is 104 Å². The van der Waals surface area contributed by atoms with Crippen LogP contribution < -0.4 is 0 Å². The van der Waals surface area contributed by atoms with Gasteiger partial charge in [0.1, 0.15) is 0 Å². The molecule has 0 aromatic heterocycles. The lowest BCUT2D eigenvalue weighted by atomic mass is 9.45. The van der Waals surface area contributed by atoms with Crippen LogP contribution in [0.2, 0.25) is 0 Å². The highest BCUT2D eigenvalue weighted by molar-refractivity contribution is 5.25. The van der Waals surface area contributed by atoms with Crippen LogP contribution in [0.15, 0.2) is 0 Å². The maximum absolute atomic E-state index is 2.57. The SMILES string of the molecule is CC1(C)[C]2CCC1CC2C12CC3CC(CC(C3)C1)C2. The van der Waals surface area contributed by atoms with Gasteiger partial charge in [-0.2, -0.15) is 0 Å². The van der Waals surface area contributed by atoms with E-state index in [0.29, 0.717) is 5.41 Å². The summed E-state index contributed by atoms with van der Waals surface area (Å²) in [5.74, 6) is 7.52. The molecule has 0 nitrogen and oxygen atoms in total. The third-order valence-corrected chi connectivity index (χ3v) is 8.38. The van der Waals surface area contributed by atoms with Gasteiger partial charge in [0.2, 0.25) is 0 Å². The summed E-state index contributed by atoms with van der Waals surface area (Å²) in [6.45, 7) is 5.14. The minimum atomic E-state index is 0.605. The second-order valence-corrected chi connectivity index (χ2v) is 9.55. The molecule has 2 atom stereocenters. The molecule has 105 valence electrons. The maximum Gasteiger partial charge on any atom is -0.0145 e. The summed E-state index contributed by atoms with van der Waals surface area (Å²) in [7, 11) is 0. The Morgan fingerprint density at radius 2 is 1.42 bits per heavy atom. The fraction of sp³-hybridized carbons (Fsp3) is 0.947. The second kappa shape index (κ2) is 3.42. The standard InChI is InChI=1S/C19H29/c1-18(2)15-3-4-16(18)17(8-15)19-9-12-5-13(10-19)7-14(6-12)11-19/h12-15,17H,3-11H2,1-2H3. The van der Waals surface area contributed by atoms with E-state index in [0.717, 1.165) is 35.0 Å². The normalized spacial score (nSPS) is 58.1. The Balaban J connectivity index is 1.51. The van der Waals surface area contributed by atoms with E-state index in [1.54, 1.807) is 44.9 Å². The molecule has 0 saturated heterocycles. The first kappa shape index (κ1) is 11.6. The van der Waals surface area contributed by atoms with Crippen LogP contribution in [-0.2, 0) is 0 Å². The quantitative estimate of drug-likeness (QED) is 0.603. The van der Waals surface area contributed by atoms with Crippen molar-refractivity contribution in [3.8, 4) is 0 Å². The van der Waals surface area contributed by atoms with E-state index < -0.39 is 0 Å². The van der Waals surface area contributed by atoms with Crippen molar-refractivity contribution in [3.63, 3.8) is 0 Å². The van der Waals surface area contributed by atoms with Crippen LogP contribution in [0.3, 0.4) is 0 Å². The molecule has 0 amide bonds. The van der Waals surface area contributed by atoms with Gasteiger partial charge < -0.3 is 0 Å². The van der Waals surface area contributed by atoms with E-state index in [1.807, 2.05) is 5.92 Å². The zero-order valence-electron chi connectivity index (χ0n) is 12.8. The first-order valence-corrected chi connectivity index (χ1v) is 8.93. The van der Waals surface area contributed by atoms with Crippen LogP contribution in [0.1, 0.15) is 71.6 Å². The molecule has 1 radical (unpaired) electrons. The van der Waals surface area contributed by atoms with E-state index in [1.165, 1.54) is 12.8 Å². The van der Waals surface area contributed by atoms with Gasteiger partial charge in [0.15, 0.2) is 0 Å². The summed E-state index contributed by atoms with van der Waals surface area (Å²) in [5, 5.41) is 0. The molecule has 6 rings (SSSR count). The highest BCUT2D eigenvalue weighted by Gasteiger charge is 2.63. The molecule has 6 aliphatic rings. The average Bonchev–Trinajstić information content (AvgIpc) is 2.76. The first-order valence-electron chi connectivity index (χ1n) is 8.93. The Labute approximate surface area is 118 Å². The van der Waals surface area contributed by atoms with Crippen LogP contribution in [0.25, 0.3) is 0 Å². The molecule has 6 aliphatic carbocycles. The van der Waals surface area contributed by atoms with Crippen LogP contribution >= 0.6 is 0 Å². The molecule has 0 aromatic rings. The van der Waals surface area contributed by atoms with Gasteiger partial charge in [-0.15, -0.1) is 0 Å². The Morgan fingerprint density at radius 1 is 0.842 bits per heavy atom. The molecule has 6 bridgehead atoms. The zero-order valence-corrected chi connectivity index (χ0v) is 12.8. The first-order chi connectivity index (χ1) is 9.07. The molecule has 0 spiro atoms. The monoisotopic (exact) mass is 257 g/mol. The summed E-state index contributed by atoms with van der Waals surface area (Å²) in [6, 6.07) is 0. The number of hydrogen-bond donors (Lipinski definition) is 0. The minimum absolute atomic E-state index is 0.605. The third kappa shape index (κ3) is 1.37. The summed E-state index contributed by atoms with van der Waals surface area (Å²) in [4.78, 5) is 0. The number of fused-ring (bicyclic) bond motifs is 2. The van der Waals surface area contributed by atoms with Crippen LogP contribution in [0.4, 0.5) is 0 Å². The van der Waals surface area contributed by atoms with Gasteiger partial charge in [-0.25, -0.2) is 0 Å². The molecule has 19 heavy (non-hydrogen) atoms. The topological polar surface area (TPSA) is 0 Å². The lowest BCUT2D eigenvalue weighted by Crippen LogP contribution is -2.50. The van der Waals surface area contributed by atoms with E-state index in [-0.39, 0.29) is 0 Å². The molecule has 0 aromatic carbocycles. The van der Waals surface area contributed by atoms with Gasteiger partial charge >= 0.3 is 0 Å². The van der Waals surface area contributed by atoms with Gasteiger partial charge in [0, 0.05) is 0 Å². The minimum Gasteiger partial charge on any atom is -0.0591 e. The van der Waals surface area contributed by atoms with Crippen molar-refractivity contribution in [3.05, 3.63) is 5.92 Å². The molecule has 0 heterocycles. The molecule has 0 aliphatic heterocycles. The van der Waals surface area contributed by atoms with Crippen molar-refractivity contribution in [2.45, 2.75) is 71.6 Å². The predicted molar refractivity (Wildman–Crippen MR) is 78.5 cm³/mol. The Hall–Kier alpha value is 0. The van der Waals surface area contributed by atoms with E-state index in [4.69, 9.17) is 0 Å². The molecule has 2 unspecified atom stereocenters. The van der Waals surface area contributed by atoms with Crippen LogP contribution in [0, 0.1) is 46.3 Å². The predicted octanol–water partition coefficient (Wildman–Crippen LogP) is 5.23. The summed E-state index contributed by atoms with van der Waals surface area (Å²) >= 11 is 0. The average molecular weight is 257 g/mol. The third-order valence-electron chi connectivity index (χ3n) is 8.38. The molecule has 6 fully saturated rings. The van der Waals surface area contributed by atoms with E-state index >= 15 is 0 Å². The molecule has 0 heteroatoms.